The van der Waals surface area contributed by atoms with Crippen molar-refractivity contribution in [2.45, 2.75) is 11.8 Å². The first kappa shape index (κ1) is 16.0. The van der Waals surface area contributed by atoms with E-state index in [2.05, 4.69) is 5.32 Å². The number of para-hydroxylation sites is 1. The van der Waals surface area contributed by atoms with Gasteiger partial charge in [-0.1, -0.05) is 30.4 Å². The Balaban J connectivity index is 2.46. The lowest BCUT2D eigenvalue weighted by molar-refractivity contribution is -0.142. The van der Waals surface area contributed by atoms with Gasteiger partial charge in [0.2, 0.25) is 0 Å². The number of hydrogen-bond donors (Lipinski definition) is 1. The Morgan fingerprint density at radius 2 is 2.05 bits per heavy atom. The molecule has 0 aliphatic heterocycles. The summed E-state index contributed by atoms with van der Waals surface area (Å²) < 4.78 is 4.82. The summed E-state index contributed by atoms with van der Waals surface area (Å²) in [5, 5.41) is 2.71. The third-order valence-electron chi connectivity index (χ3n) is 2.26. The number of nitrogens with one attached hydrogen (secondary N) is 1. The lowest BCUT2D eigenvalue weighted by Gasteiger charge is -2.08. The quantitative estimate of drug-likeness (QED) is 0.379. The number of rotatable bonds is 6. The number of benzene rings is 1. The van der Waals surface area contributed by atoms with Crippen LogP contribution < -0.4 is 5.32 Å². The summed E-state index contributed by atoms with van der Waals surface area (Å²) >= 11 is 1.53. The summed E-state index contributed by atoms with van der Waals surface area (Å²) in [4.78, 5) is 23.9. The second-order valence-corrected chi connectivity index (χ2v) is 4.59. The van der Waals surface area contributed by atoms with Crippen molar-refractivity contribution in [2.24, 2.45) is 0 Å². The molecule has 0 aromatic heterocycles. The highest BCUT2D eigenvalue weighted by atomic mass is 32.2. The van der Waals surface area contributed by atoms with E-state index in [1.807, 2.05) is 31.4 Å². The molecule has 0 saturated heterocycles. The third-order valence-corrected chi connectivity index (χ3v) is 3.06. The maximum Gasteiger partial charge on any atom is 0.331 e. The molecule has 1 aromatic carbocycles. The van der Waals surface area contributed by atoms with Gasteiger partial charge in [0, 0.05) is 11.0 Å². The number of allylic oxidation sites excluding steroid dienone is 3. The summed E-state index contributed by atoms with van der Waals surface area (Å²) in [5.41, 5.74) is 0.713. The molecule has 0 saturated carbocycles. The molecule has 0 radical (unpaired) electrons. The Kier molecular flexibility index (Phi) is 7.21. The zero-order chi connectivity index (χ0) is 14.8. The van der Waals surface area contributed by atoms with E-state index in [0.29, 0.717) is 5.69 Å². The van der Waals surface area contributed by atoms with Crippen molar-refractivity contribution in [1.29, 1.82) is 0 Å². The van der Waals surface area contributed by atoms with E-state index in [1.165, 1.54) is 17.8 Å². The summed E-state index contributed by atoms with van der Waals surface area (Å²) in [6.07, 6.45) is 8.25. The van der Waals surface area contributed by atoms with E-state index in [1.54, 1.807) is 24.3 Å². The molecule has 0 aliphatic carbocycles. The first-order valence-electron chi connectivity index (χ1n) is 6.06. The van der Waals surface area contributed by atoms with Crippen LogP contribution in [0.2, 0.25) is 0 Å². The van der Waals surface area contributed by atoms with Crippen LogP contribution in [0.1, 0.15) is 6.92 Å². The molecule has 4 nitrogen and oxygen atoms in total. The molecule has 0 aliphatic rings. The Labute approximate surface area is 122 Å². The molecule has 0 fully saturated rings. The van der Waals surface area contributed by atoms with Crippen LogP contribution >= 0.6 is 11.8 Å². The average Bonchev–Trinajstić information content (AvgIpc) is 2.46. The first-order valence-corrected chi connectivity index (χ1v) is 7.29. The third kappa shape index (κ3) is 5.75. The zero-order valence-electron chi connectivity index (χ0n) is 11.5. The van der Waals surface area contributed by atoms with Crippen molar-refractivity contribution in [3.8, 4) is 0 Å². The van der Waals surface area contributed by atoms with Gasteiger partial charge in [-0.25, -0.2) is 4.79 Å². The number of carbonyl (C=O) groups excluding carboxylic acids is 2. The molecule has 1 rings (SSSR count). The van der Waals surface area contributed by atoms with Crippen molar-refractivity contribution in [1.82, 2.24) is 0 Å². The topological polar surface area (TPSA) is 55.4 Å². The highest BCUT2D eigenvalue weighted by molar-refractivity contribution is 7.98. The van der Waals surface area contributed by atoms with E-state index in [4.69, 9.17) is 4.74 Å². The minimum atomic E-state index is -0.545. The number of thioether (sulfide) groups is 1. The second-order valence-electron chi connectivity index (χ2n) is 3.74. The smallest absolute Gasteiger partial charge is 0.331 e. The average molecular weight is 291 g/mol. The van der Waals surface area contributed by atoms with Gasteiger partial charge in [0.25, 0.3) is 5.91 Å². The fourth-order valence-corrected chi connectivity index (χ4v) is 1.92. The van der Waals surface area contributed by atoms with E-state index in [0.717, 1.165) is 4.90 Å². The highest BCUT2D eigenvalue weighted by Crippen LogP contribution is 2.24. The number of ether oxygens (including phenoxy) is 1. The van der Waals surface area contributed by atoms with Crippen LogP contribution in [0, 0.1) is 0 Å². The van der Waals surface area contributed by atoms with Crippen molar-refractivity contribution < 1.29 is 14.3 Å². The van der Waals surface area contributed by atoms with E-state index in [-0.39, 0.29) is 12.5 Å². The number of hydrogen-bond acceptors (Lipinski definition) is 4. The van der Waals surface area contributed by atoms with Gasteiger partial charge >= 0.3 is 5.97 Å². The Morgan fingerprint density at radius 1 is 1.30 bits per heavy atom. The van der Waals surface area contributed by atoms with Crippen LogP contribution in [0.4, 0.5) is 5.69 Å². The van der Waals surface area contributed by atoms with Gasteiger partial charge in [-0.2, -0.15) is 0 Å². The normalized spacial score (nSPS) is 10.9. The molecule has 0 spiro atoms. The predicted molar refractivity (Wildman–Crippen MR) is 81.8 cm³/mol. The number of carbonyl (C=O) groups is 2. The largest absolute Gasteiger partial charge is 0.452 e. The lowest BCUT2D eigenvalue weighted by Crippen LogP contribution is -2.20. The maximum atomic E-state index is 11.7. The van der Waals surface area contributed by atoms with Crippen LogP contribution in [-0.4, -0.2) is 24.7 Å². The monoisotopic (exact) mass is 291 g/mol. The van der Waals surface area contributed by atoms with Crippen molar-refractivity contribution in [3.63, 3.8) is 0 Å². The van der Waals surface area contributed by atoms with Crippen molar-refractivity contribution in [2.75, 3.05) is 18.2 Å². The van der Waals surface area contributed by atoms with Crippen LogP contribution in [0.3, 0.4) is 0 Å². The molecule has 1 amide bonds. The molecule has 1 aromatic rings. The molecule has 5 heteroatoms. The summed E-state index contributed by atoms with van der Waals surface area (Å²) in [7, 11) is 0. The maximum absolute atomic E-state index is 11.7. The van der Waals surface area contributed by atoms with Gasteiger partial charge in [-0.15, -0.1) is 11.8 Å². The molecular weight excluding hydrogens is 274 g/mol. The molecule has 0 unspecified atom stereocenters. The molecule has 0 atom stereocenters. The van der Waals surface area contributed by atoms with Crippen LogP contribution in [0.5, 0.6) is 0 Å². The van der Waals surface area contributed by atoms with Gasteiger partial charge in [0.05, 0.1) is 5.69 Å². The van der Waals surface area contributed by atoms with Crippen LogP contribution in [0.15, 0.2) is 53.5 Å². The van der Waals surface area contributed by atoms with Gasteiger partial charge in [0.1, 0.15) is 0 Å². The summed E-state index contributed by atoms with van der Waals surface area (Å²) in [6.45, 7) is 1.54. The molecule has 106 valence electrons. The summed E-state index contributed by atoms with van der Waals surface area (Å²) in [6, 6.07) is 7.44. The van der Waals surface area contributed by atoms with Crippen molar-refractivity contribution >= 4 is 29.3 Å². The Morgan fingerprint density at radius 3 is 2.75 bits per heavy atom. The Hall–Kier alpha value is -2.01. The van der Waals surface area contributed by atoms with E-state index >= 15 is 0 Å². The van der Waals surface area contributed by atoms with E-state index < -0.39 is 5.97 Å². The van der Waals surface area contributed by atoms with Gasteiger partial charge in [-0.3, -0.25) is 4.79 Å². The fourth-order valence-electron chi connectivity index (χ4n) is 1.36. The molecule has 20 heavy (non-hydrogen) atoms. The Bertz CT molecular complexity index is 524. The number of amides is 1. The van der Waals surface area contributed by atoms with Crippen LogP contribution in [-0.2, 0) is 14.3 Å². The van der Waals surface area contributed by atoms with Crippen LogP contribution in [0.25, 0.3) is 0 Å². The second kappa shape index (κ2) is 8.98. The molecule has 0 bridgehead atoms. The van der Waals surface area contributed by atoms with Gasteiger partial charge in [0.15, 0.2) is 6.61 Å². The van der Waals surface area contributed by atoms with Gasteiger partial charge in [-0.05, 0) is 25.3 Å². The van der Waals surface area contributed by atoms with Gasteiger partial charge < -0.3 is 10.1 Å². The first-order chi connectivity index (χ1) is 9.67. The number of anilines is 1. The highest BCUT2D eigenvalue weighted by Gasteiger charge is 2.07. The van der Waals surface area contributed by atoms with Crippen molar-refractivity contribution in [3.05, 3.63) is 48.6 Å². The lowest BCUT2D eigenvalue weighted by atomic mass is 10.3. The SMILES string of the molecule is C/C=C/C=C/C(=O)OCC(=O)Nc1ccccc1SC. The van der Waals surface area contributed by atoms with E-state index in [9.17, 15) is 9.59 Å². The zero-order valence-corrected chi connectivity index (χ0v) is 12.3. The number of esters is 1. The fraction of sp³-hybridized carbons (Fsp3) is 0.200. The minimum absolute atomic E-state index is 0.304. The minimum Gasteiger partial charge on any atom is -0.452 e. The predicted octanol–water partition coefficient (Wildman–Crippen LogP) is 3.02. The molecule has 0 heterocycles. The molecular formula is C15H17NO3S. The summed E-state index contributed by atoms with van der Waals surface area (Å²) in [5.74, 6) is -0.907. The molecule has 1 N–H and O–H groups in total. The standard InChI is InChI=1S/C15H17NO3S/c1-3-4-5-10-15(18)19-11-14(17)16-12-8-6-7-9-13(12)20-2/h3-10H,11H2,1-2H3,(H,16,17)/b4-3+,10-5+.